The highest BCUT2D eigenvalue weighted by molar-refractivity contribution is 5.94. The van der Waals surface area contributed by atoms with Crippen molar-refractivity contribution in [2.24, 2.45) is 0 Å². The molecule has 4 aromatic rings. The smallest absolute Gasteiger partial charge is 0.253 e. The van der Waals surface area contributed by atoms with E-state index in [1.165, 1.54) is 18.5 Å². The summed E-state index contributed by atoms with van der Waals surface area (Å²) in [6.45, 7) is 2.33. The van der Waals surface area contributed by atoms with Crippen LogP contribution >= 0.6 is 0 Å². The number of ether oxygens (including phenoxy) is 1. The van der Waals surface area contributed by atoms with Gasteiger partial charge in [0.2, 0.25) is 0 Å². The second-order valence-electron chi connectivity index (χ2n) is 7.35. The van der Waals surface area contributed by atoms with Gasteiger partial charge in [0, 0.05) is 31.7 Å². The first-order valence-corrected chi connectivity index (χ1v) is 10.1. The molecular formula is C22H20FN7O2. The summed E-state index contributed by atoms with van der Waals surface area (Å²) in [4.78, 5) is 25.5. The van der Waals surface area contributed by atoms with Crippen LogP contribution in [0.25, 0.3) is 16.9 Å². The first-order valence-electron chi connectivity index (χ1n) is 10.1. The maximum absolute atomic E-state index is 13.3. The van der Waals surface area contributed by atoms with Gasteiger partial charge in [-0.15, -0.1) is 5.10 Å². The van der Waals surface area contributed by atoms with E-state index in [-0.39, 0.29) is 11.7 Å². The average molecular weight is 433 g/mol. The second-order valence-corrected chi connectivity index (χ2v) is 7.35. The molecule has 32 heavy (non-hydrogen) atoms. The van der Waals surface area contributed by atoms with E-state index >= 15 is 0 Å². The number of rotatable bonds is 4. The van der Waals surface area contributed by atoms with E-state index in [9.17, 15) is 9.18 Å². The molecule has 0 saturated carbocycles. The lowest BCUT2D eigenvalue weighted by atomic mass is 10.1. The van der Waals surface area contributed by atoms with Gasteiger partial charge in [-0.05, 0) is 48.5 Å². The van der Waals surface area contributed by atoms with Crippen molar-refractivity contribution in [3.8, 4) is 11.4 Å². The van der Waals surface area contributed by atoms with Gasteiger partial charge in [-0.25, -0.2) is 14.4 Å². The Morgan fingerprint density at radius 1 is 0.969 bits per heavy atom. The summed E-state index contributed by atoms with van der Waals surface area (Å²) >= 11 is 0. The molecule has 0 unspecified atom stereocenters. The molecule has 162 valence electrons. The normalized spacial score (nSPS) is 14.1. The van der Waals surface area contributed by atoms with Crippen LogP contribution in [0.5, 0.6) is 5.75 Å². The van der Waals surface area contributed by atoms with Crippen LogP contribution in [0.1, 0.15) is 10.4 Å². The number of nitrogens with zero attached hydrogens (tertiary/aromatic N) is 7. The molecule has 10 heteroatoms. The molecule has 1 fully saturated rings. The maximum atomic E-state index is 13.3. The average Bonchev–Trinajstić information content (AvgIpc) is 3.29. The fourth-order valence-electron chi connectivity index (χ4n) is 3.76. The molecule has 2 aromatic carbocycles. The van der Waals surface area contributed by atoms with Crippen LogP contribution in [0.3, 0.4) is 0 Å². The van der Waals surface area contributed by atoms with Crippen LogP contribution < -0.4 is 9.64 Å². The quantitative estimate of drug-likeness (QED) is 0.488. The fraction of sp³-hybridized carbons (Fsp3) is 0.227. The third kappa shape index (κ3) is 3.59. The number of benzene rings is 2. The lowest BCUT2D eigenvalue weighted by Gasteiger charge is -2.35. The van der Waals surface area contributed by atoms with Crippen molar-refractivity contribution < 1.29 is 13.9 Å². The number of piperazine rings is 1. The maximum Gasteiger partial charge on any atom is 0.253 e. The van der Waals surface area contributed by atoms with E-state index in [1.807, 2.05) is 4.90 Å². The van der Waals surface area contributed by atoms with Crippen LogP contribution in [-0.4, -0.2) is 69.1 Å². The van der Waals surface area contributed by atoms with Gasteiger partial charge in [0.1, 0.15) is 17.9 Å². The molecule has 0 spiro atoms. The Morgan fingerprint density at radius 3 is 2.38 bits per heavy atom. The number of aromatic nitrogens is 5. The largest absolute Gasteiger partial charge is 0.497 e. The molecule has 5 rings (SSSR count). The highest BCUT2D eigenvalue weighted by Gasteiger charge is 2.25. The Balaban J connectivity index is 1.33. The number of carbonyl (C=O) groups is 1. The monoisotopic (exact) mass is 433 g/mol. The van der Waals surface area contributed by atoms with E-state index < -0.39 is 0 Å². The molecule has 1 aliphatic rings. The lowest BCUT2D eigenvalue weighted by Crippen LogP contribution is -2.49. The molecule has 0 bridgehead atoms. The molecule has 0 aliphatic carbocycles. The summed E-state index contributed by atoms with van der Waals surface area (Å²) in [5, 5.41) is 8.46. The van der Waals surface area contributed by atoms with Gasteiger partial charge in [0.05, 0.1) is 12.8 Å². The molecule has 1 saturated heterocycles. The van der Waals surface area contributed by atoms with Crippen molar-refractivity contribution in [3.63, 3.8) is 0 Å². The molecule has 3 heterocycles. The Kier molecular flexibility index (Phi) is 5.10. The number of halogens is 1. The zero-order valence-corrected chi connectivity index (χ0v) is 17.3. The third-order valence-corrected chi connectivity index (χ3v) is 5.49. The van der Waals surface area contributed by atoms with E-state index in [0.29, 0.717) is 60.2 Å². The van der Waals surface area contributed by atoms with Gasteiger partial charge in [-0.2, -0.15) is 4.68 Å². The highest BCUT2D eigenvalue weighted by atomic mass is 19.1. The Morgan fingerprint density at radius 2 is 1.69 bits per heavy atom. The van der Waals surface area contributed by atoms with Crippen molar-refractivity contribution in [1.82, 2.24) is 29.9 Å². The fourth-order valence-corrected chi connectivity index (χ4v) is 3.76. The molecule has 0 N–H and O–H groups in total. The number of amides is 1. The van der Waals surface area contributed by atoms with Crippen LogP contribution in [0.15, 0.2) is 54.9 Å². The standard InChI is InChI=1S/C22H20FN7O2/c1-32-18-8-2-15(3-9-18)22(31)29-12-10-28(11-13-29)20-19-21(25-14-24-20)30(27-26-19)17-6-4-16(23)5-7-17/h2-9,14H,10-13H2,1H3. The first-order chi connectivity index (χ1) is 15.6. The summed E-state index contributed by atoms with van der Waals surface area (Å²) in [5.41, 5.74) is 2.39. The van der Waals surface area contributed by atoms with Gasteiger partial charge >= 0.3 is 0 Å². The predicted molar refractivity (Wildman–Crippen MR) is 116 cm³/mol. The molecule has 0 atom stereocenters. The Labute approximate surface area is 183 Å². The van der Waals surface area contributed by atoms with Crippen molar-refractivity contribution in [3.05, 3.63) is 66.2 Å². The first kappa shape index (κ1) is 19.9. The van der Waals surface area contributed by atoms with E-state index in [0.717, 1.165) is 0 Å². The summed E-state index contributed by atoms with van der Waals surface area (Å²) in [6.07, 6.45) is 1.47. The van der Waals surface area contributed by atoms with Gasteiger partial charge in [-0.3, -0.25) is 4.79 Å². The molecular weight excluding hydrogens is 413 g/mol. The second kappa shape index (κ2) is 8.22. The van der Waals surface area contributed by atoms with Crippen molar-refractivity contribution in [2.45, 2.75) is 0 Å². The number of hydrogen-bond donors (Lipinski definition) is 0. The molecule has 1 aliphatic heterocycles. The molecule has 2 aromatic heterocycles. The number of carbonyl (C=O) groups excluding carboxylic acids is 1. The summed E-state index contributed by atoms with van der Waals surface area (Å²) in [5.74, 6) is 1.05. The molecule has 9 nitrogen and oxygen atoms in total. The summed E-state index contributed by atoms with van der Waals surface area (Å²) in [7, 11) is 1.60. The zero-order valence-electron chi connectivity index (χ0n) is 17.3. The van der Waals surface area contributed by atoms with Gasteiger partial charge < -0.3 is 14.5 Å². The molecule has 1 amide bonds. The van der Waals surface area contributed by atoms with Crippen molar-refractivity contribution >= 4 is 22.9 Å². The van der Waals surface area contributed by atoms with Gasteiger partial charge in [0.15, 0.2) is 17.0 Å². The minimum atomic E-state index is -0.324. The number of hydrogen-bond acceptors (Lipinski definition) is 7. The topological polar surface area (TPSA) is 89.3 Å². The highest BCUT2D eigenvalue weighted by Crippen LogP contribution is 2.24. The Hall–Kier alpha value is -4.08. The van der Waals surface area contributed by atoms with Crippen molar-refractivity contribution in [1.29, 1.82) is 0 Å². The van der Waals surface area contributed by atoms with Crippen LogP contribution in [-0.2, 0) is 0 Å². The minimum Gasteiger partial charge on any atom is -0.497 e. The summed E-state index contributed by atoms with van der Waals surface area (Å²) in [6, 6.07) is 13.1. The van der Waals surface area contributed by atoms with Crippen LogP contribution in [0.2, 0.25) is 0 Å². The lowest BCUT2D eigenvalue weighted by molar-refractivity contribution is 0.0746. The van der Waals surface area contributed by atoms with Crippen molar-refractivity contribution in [2.75, 3.05) is 38.2 Å². The third-order valence-electron chi connectivity index (χ3n) is 5.49. The molecule has 0 radical (unpaired) electrons. The number of fused-ring (bicyclic) bond motifs is 1. The Bertz CT molecular complexity index is 1250. The van der Waals surface area contributed by atoms with Gasteiger partial charge in [-0.1, -0.05) is 5.21 Å². The summed E-state index contributed by atoms with van der Waals surface area (Å²) < 4.78 is 20.0. The predicted octanol–water partition coefficient (Wildman–Crippen LogP) is 2.32. The zero-order chi connectivity index (χ0) is 22.1. The number of methoxy groups -OCH3 is 1. The van der Waals surface area contributed by atoms with Crippen LogP contribution in [0, 0.1) is 5.82 Å². The van der Waals surface area contributed by atoms with Gasteiger partial charge in [0.25, 0.3) is 5.91 Å². The van der Waals surface area contributed by atoms with E-state index in [4.69, 9.17) is 4.74 Å². The number of anilines is 1. The minimum absolute atomic E-state index is 0.0117. The van der Waals surface area contributed by atoms with Crippen LogP contribution in [0.4, 0.5) is 10.2 Å². The van der Waals surface area contributed by atoms with E-state index in [2.05, 4.69) is 25.2 Å². The van der Waals surface area contributed by atoms with E-state index in [1.54, 1.807) is 48.2 Å². The SMILES string of the molecule is COc1ccc(C(=O)N2CCN(c3ncnc4c3nnn4-c3ccc(F)cc3)CC2)cc1.